The lowest BCUT2D eigenvalue weighted by Gasteiger charge is -2.15. The van der Waals surface area contributed by atoms with Gasteiger partial charge in [-0.3, -0.25) is 0 Å². The van der Waals surface area contributed by atoms with Crippen LogP contribution in [0.3, 0.4) is 0 Å². The summed E-state index contributed by atoms with van der Waals surface area (Å²) in [7, 11) is 1.76. The number of hydrogen-bond donors (Lipinski definition) is 1. The second kappa shape index (κ2) is 4.32. The maximum atomic E-state index is 5.89. The first-order chi connectivity index (χ1) is 6.13. The topological polar surface area (TPSA) is 69.6 Å². The molecule has 0 saturated carbocycles. The molecule has 0 aromatic carbocycles. The molecule has 1 aromatic heterocycles. The summed E-state index contributed by atoms with van der Waals surface area (Å²) < 4.78 is 0. The average molecular weight is 183 g/mol. The predicted molar refractivity (Wildman–Crippen MR) is 49.9 cm³/mol. The van der Waals surface area contributed by atoms with Gasteiger partial charge in [0.25, 0.3) is 0 Å². The van der Waals surface area contributed by atoms with Crippen LogP contribution in [-0.2, 0) is 13.5 Å². The number of aromatic nitrogens is 4. The molecule has 2 unspecified atom stereocenters. The van der Waals surface area contributed by atoms with E-state index in [1.54, 1.807) is 7.05 Å². The second-order valence-electron chi connectivity index (χ2n) is 3.45. The Morgan fingerprint density at radius 2 is 2.23 bits per heavy atom. The fourth-order valence-corrected chi connectivity index (χ4v) is 1.25. The van der Waals surface area contributed by atoms with Gasteiger partial charge in [-0.1, -0.05) is 13.8 Å². The van der Waals surface area contributed by atoms with E-state index in [0.29, 0.717) is 5.92 Å². The number of nitrogens with zero attached hydrogens (tertiary/aromatic N) is 4. The van der Waals surface area contributed by atoms with Gasteiger partial charge in [-0.15, -0.1) is 10.2 Å². The van der Waals surface area contributed by atoms with Crippen molar-refractivity contribution in [1.82, 2.24) is 20.2 Å². The van der Waals surface area contributed by atoms with Crippen LogP contribution in [-0.4, -0.2) is 26.2 Å². The molecule has 2 N–H and O–H groups in total. The minimum atomic E-state index is 0.226. The van der Waals surface area contributed by atoms with E-state index in [0.717, 1.165) is 18.7 Å². The normalized spacial score (nSPS) is 15.7. The van der Waals surface area contributed by atoms with Crippen LogP contribution in [0.5, 0.6) is 0 Å². The van der Waals surface area contributed by atoms with Crippen molar-refractivity contribution >= 4 is 0 Å². The quantitative estimate of drug-likeness (QED) is 0.720. The molecule has 0 fully saturated rings. The molecule has 2 atom stereocenters. The zero-order chi connectivity index (χ0) is 9.84. The fraction of sp³-hybridized carbons (Fsp3) is 0.875. The van der Waals surface area contributed by atoms with Gasteiger partial charge in [0.15, 0.2) is 5.82 Å². The lowest BCUT2D eigenvalue weighted by atomic mass is 9.97. The summed E-state index contributed by atoms with van der Waals surface area (Å²) in [6, 6.07) is 0.226. The molecule has 5 heteroatoms. The van der Waals surface area contributed by atoms with Crippen LogP contribution in [0.15, 0.2) is 0 Å². The summed E-state index contributed by atoms with van der Waals surface area (Å²) in [4.78, 5) is 1.47. The molecular weight excluding hydrogens is 166 g/mol. The number of rotatable bonds is 4. The Labute approximate surface area is 78.3 Å². The largest absolute Gasteiger partial charge is 0.327 e. The van der Waals surface area contributed by atoms with Gasteiger partial charge in [0.05, 0.1) is 7.05 Å². The predicted octanol–water partition coefficient (Wildman–Crippen LogP) is 0.126. The Morgan fingerprint density at radius 3 is 2.69 bits per heavy atom. The zero-order valence-corrected chi connectivity index (χ0v) is 8.44. The molecule has 0 aliphatic carbocycles. The highest BCUT2D eigenvalue weighted by molar-refractivity contribution is 4.83. The average Bonchev–Trinajstić information content (AvgIpc) is 2.49. The molecule has 0 radical (unpaired) electrons. The Morgan fingerprint density at radius 1 is 1.54 bits per heavy atom. The molecule has 13 heavy (non-hydrogen) atoms. The second-order valence-corrected chi connectivity index (χ2v) is 3.45. The highest BCUT2D eigenvalue weighted by Gasteiger charge is 2.13. The molecule has 0 aliphatic rings. The Balaban J connectivity index is 2.49. The number of hydrogen-bond acceptors (Lipinski definition) is 4. The van der Waals surface area contributed by atoms with E-state index in [1.807, 2.05) is 0 Å². The molecule has 0 saturated heterocycles. The molecule has 0 spiro atoms. The standard InChI is InChI=1S/C8H17N5/c1-4-7(9)6(2)5-8-10-12-13(3)11-8/h6-7H,4-5,9H2,1-3H3. The van der Waals surface area contributed by atoms with Crippen molar-refractivity contribution in [1.29, 1.82) is 0 Å². The van der Waals surface area contributed by atoms with Crippen LogP contribution in [0.25, 0.3) is 0 Å². The molecule has 1 aromatic rings. The van der Waals surface area contributed by atoms with Gasteiger partial charge in [0, 0.05) is 12.5 Å². The van der Waals surface area contributed by atoms with Crippen LogP contribution in [0.2, 0.25) is 0 Å². The first kappa shape index (κ1) is 10.1. The molecule has 5 nitrogen and oxygen atoms in total. The zero-order valence-electron chi connectivity index (χ0n) is 8.44. The van der Waals surface area contributed by atoms with Gasteiger partial charge in [-0.2, -0.15) is 4.80 Å². The summed E-state index contributed by atoms with van der Waals surface area (Å²) in [5.41, 5.74) is 5.89. The van der Waals surface area contributed by atoms with Crippen molar-refractivity contribution in [2.45, 2.75) is 32.7 Å². The van der Waals surface area contributed by atoms with Crippen LogP contribution >= 0.6 is 0 Å². The Bertz CT molecular complexity index is 257. The van der Waals surface area contributed by atoms with E-state index in [2.05, 4.69) is 29.3 Å². The van der Waals surface area contributed by atoms with Crippen molar-refractivity contribution in [2.75, 3.05) is 0 Å². The third-order valence-corrected chi connectivity index (χ3v) is 2.26. The van der Waals surface area contributed by atoms with Crippen molar-refractivity contribution < 1.29 is 0 Å². The number of tetrazole rings is 1. The fourth-order valence-electron chi connectivity index (χ4n) is 1.25. The highest BCUT2D eigenvalue weighted by Crippen LogP contribution is 2.08. The molecule has 1 heterocycles. The van der Waals surface area contributed by atoms with Gasteiger partial charge in [0.2, 0.25) is 0 Å². The van der Waals surface area contributed by atoms with Gasteiger partial charge < -0.3 is 5.73 Å². The molecule has 0 bridgehead atoms. The number of nitrogens with two attached hydrogens (primary N) is 1. The van der Waals surface area contributed by atoms with Gasteiger partial charge in [-0.25, -0.2) is 0 Å². The van der Waals surface area contributed by atoms with E-state index in [9.17, 15) is 0 Å². The summed E-state index contributed by atoms with van der Waals surface area (Å²) >= 11 is 0. The number of aryl methyl sites for hydroxylation is 1. The minimum Gasteiger partial charge on any atom is -0.327 e. The van der Waals surface area contributed by atoms with Crippen LogP contribution < -0.4 is 5.73 Å². The smallest absolute Gasteiger partial charge is 0.175 e. The molecule has 0 amide bonds. The van der Waals surface area contributed by atoms with Crippen molar-refractivity contribution in [3.8, 4) is 0 Å². The monoisotopic (exact) mass is 183 g/mol. The summed E-state index contributed by atoms with van der Waals surface area (Å²) in [6.45, 7) is 4.20. The van der Waals surface area contributed by atoms with Crippen molar-refractivity contribution in [3.63, 3.8) is 0 Å². The maximum absolute atomic E-state index is 5.89. The third-order valence-electron chi connectivity index (χ3n) is 2.26. The molecular formula is C8H17N5. The third kappa shape index (κ3) is 2.77. The van der Waals surface area contributed by atoms with Gasteiger partial charge >= 0.3 is 0 Å². The Hall–Kier alpha value is -0.970. The highest BCUT2D eigenvalue weighted by atomic mass is 15.6. The van der Waals surface area contributed by atoms with Crippen LogP contribution in [0.1, 0.15) is 26.1 Å². The molecule has 0 aliphatic heterocycles. The van der Waals surface area contributed by atoms with Crippen LogP contribution in [0.4, 0.5) is 0 Å². The van der Waals surface area contributed by atoms with E-state index in [-0.39, 0.29) is 6.04 Å². The summed E-state index contributed by atoms with van der Waals surface area (Å²) in [5.74, 6) is 1.19. The lowest BCUT2D eigenvalue weighted by Crippen LogP contribution is -2.28. The van der Waals surface area contributed by atoms with E-state index >= 15 is 0 Å². The van der Waals surface area contributed by atoms with Crippen LogP contribution in [0, 0.1) is 5.92 Å². The maximum Gasteiger partial charge on any atom is 0.175 e. The Kier molecular flexibility index (Phi) is 3.36. The van der Waals surface area contributed by atoms with E-state index < -0.39 is 0 Å². The molecule has 74 valence electrons. The SMILES string of the molecule is CCC(N)C(C)Cc1nnn(C)n1. The van der Waals surface area contributed by atoms with Gasteiger partial charge in [0.1, 0.15) is 0 Å². The summed E-state index contributed by atoms with van der Waals surface area (Å²) in [6.07, 6.45) is 1.80. The minimum absolute atomic E-state index is 0.226. The first-order valence-corrected chi connectivity index (χ1v) is 4.62. The van der Waals surface area contributed by atoms with E-state index in [4.69, 9.17) is 5.73 Å². The van der Waals surface area contributed by atoms with Crippen molar-refractivity contribution in [2.24, 2.45) is 18.7 Å². The van der Waals surface area contributed by atoms with Crippen molar-refractivity contribution in [3.05, 3.63) is 5.82 Å². The van der Waals surface area contributed by atoms with Gasteiger partial charge in [-0.05, 0) is 17.6 Å². The summed E-state index contributed by atoms with van der Waals surface area (Å²) in [5, 5.41) is 11.8. The van der Waals surface area contributed by atoms with E-state index in [1.165, 1.54) is 4.80 Å². The molecule has 1 rings (SSSR count). The first-order valence-electron chi connectivity index (χ1n) is 4.62. The lowest BCUT2D eigenvalue weighted by molar-refractivity contribution is 0.433.